The number of hydrogen-bond acceptors (Lipinski definition) is 3. The molecular formula is C12H15Br2N3O2. The molecule has 7 heteroatoms. The Labute approximate surface area is 128 Å². The normalized spacial score (nSPS) is 16.2. The molecule has 1 N–H and O–H groups in total. The second-order valence-electron chi connectivity index (χ2n) is 4.42. The summed E-state index contributed by atoms with van der Waals surface area (Å²) in [5.41, 5.74) is -0.190. The molecule has 2 rings (SSSR count). The van der Waals surface area contributed by atoms with Crippen molar-refractivity contribution in [3.8, 4) is 0 Å². The van der Waals surface area contributed by atoms with Gasteiger partial charge in [-0.05, 0) is 50.9 Å². The average Bonchev–Trinajstić information content (AvgIpc) is 2.64. The van der Waals surface area contributed by atoms with Crippen LogP contribution in [0, 0.1) is 0 Å². The molecule has 0 aliphatic carbocycles. The molecule has 0 bridgehead atoms. The maximum Gasteiger partial charge on any atom is 0.265 e. The average molecular weight is 393 g/mol. The van der Waals surface area contributed by atoms with Crippen LogP contribution in [-0.4, -0.2) is 41.6 Å². The van der Waals surface area contributed by atoms with Gasteiger partial charge in [-0.15, -0.1) is 0 Å². The van der Waals surface area contributed by atoms with E-state index in [-0.39, 0.29) is 18.0 Å². The maximum absolute atomic E-state index is 12.2. The van der Waals surface area contributed by atoms with Crippen molar-refractivity contribution < 1.29 is 4.79 Å². The first kappa shape index (κ1) is 14.7. The lowest BCUT2D eigenvalue weighted by Gasteiger charge is -2.20. The van der Waals surface area contributed by atoms with Gasteiger partial charge in [0.15, 0.2) is 0 Å². The molecular weight excluding hydrogens is 378 g/mol. The fourth-order valence-electron chi connectivity index (χ4n) is 2.02. The summed E-state index contributed by atoms with van der Waals surface area (Å²) in [6, 6.07) is 1.68. The summed E-state index contributed by atoms with van der Waals surface area (Å²) in [6.07, 6.45) is 2.59. The van der Waals surface area contributed by atoms with E-state index in [4.69, 9.17) is 0 Å². The number of carbonyl (C=O) groups is 1. The summed E-state index contributed by atoms with van der Waals surface area (Å²) in [6.45, 7) is 3.27. The van der Waals surface area contributed by atoms with Gasteiger partial charge in [0.25, 0.3) is 5.56 Å². The first-order valence-electron chi connectivity index (χ1n) is 6.12. The van der Waals surface area contributed by atoms with Crippen molar-refractivity contribution in [2.45, 2.75) is 13.0 Å². The van der Waals surface area contributed by atoms with Gasteiger partial charge in [0.2, 0.25) is 5.91 Å². The fourth-order valence-corrected chi connectivity index (χ4v) is 3.28. The topological polar surface area (TPSA) is 54.3 Å². The third kappa shape index (κ3) is 3.90. The molecule has 2 heterocycles. The molecule has 1 aromatic heterocycles. The predicted octanol–water partition coefficient (Wildman–Crippen LogP) is 1.20. The molecule has 19 heavy (non-hydrogen) atoms. The lowest BCUT2D eigenvalue weighted by molar-refractivity contribution is -0.131. The van der Waals surface area contributed by atoms with Crippen molar-refractivity contribution in [1.29, 1.82) is 0 Å². The Hall–Kier alpha value is -0.660. The highest BCUT2D eigenvalue weighted by atomic mass is 79.9. The Bertz CT molecular complexity index is 522. The van der Waals surface area contributed by atoms with Crippen LogP contribution in [0.3, 0.4) is 0 Å². The van der Waals surface area contributed by atoms with E-state index in [9.17, 15) is 9.59 Å². The predicted molar refractivity (Wildman–Crippen MR) is 80.2 cm³/mol. The van der Waals surface area contributed by atoms with Gasteiger partial charge in [0, 0.05) is 30.3 Å². The number of amides is 1. The highest BCUT2D eigenvalue weighted by molar-refractivity contribution is 9.11. The van der Waals surface area contributed by atoms with Crippen LogP contribution in [0.1, 0.15) is 6.42 Å². The van der Waals surface area contributed by atoms with E-state index < -0.39 is 0 Å². The molecule has 1 saturated heterocycles. The standard InChI is InChI=1S/C12H15Br2N3O2/c13-9-6-10(14)12(19)17(7-9)8-11(18)16-4-1-2-15-3-5-16/h6-7,15H,1-5,8H2. The Kier molecular flexibility index (Phi) is 5.18. The molecule has 1 amide bonds. The van der Waals surface area contributed by atoms with Crippen molar-refractivity contribution in [3.63, 3.8) is 0 Å². The third-order valence-electron chi connectivity index (χ3n) is 3.01. The van der Waals surface area contributed by atoms with Crippen molar-refractivity contribution >= 4 is 37.8 Å². The molecule has 0 aromatic carbocycles. The van der Waals surface area contributed by atoms with Gasteiger partial charge < -0.3 is 14.8 Å². The van der Waals surface area contributed by atoms with Gasteiger partial charge in [-0.25, -0.2) is 0 Å². The zero-order chi connectivity index (χ0) is 13.8. The Morgan fingerprint density at radius 1 is 1.32 bits per heavy atom. The summed E-state index contributed by atoms with van der Waals surface area (Å²) < 4.78 is 2.64. The zero-order valence-corrected chi connectivity index (χ0v) is 13.5. The molecule has 1 aromatic rings. The lowest BCUT2D eigenvalue weighted by atomic mass is 10.3. The van der Waals surface area contributed by atoms with Crippen LogP contribution in [0.4, 0.5) is 0 Å². The summed E-state index contributed by atoms with van der Waals surface area (Å²) in [4.78, 5) is 25.9. The van der Waals surface area contributed by atoms with Gasteiger partial charge in [-0.2, -0.15) is 0 Å². The van der Waals surface area contributed by atoms with Crippen LogP contribution in [-0.2, 0) is 11.3 Å². The van der Waals surface area contributed by atoms with Crippen LogP contribution in [0.5, 0.6) is 0 Å². The number of pyridine rings is 1. The highest BCUT2D eigenvalue weighted by Crippen LogP contribution is 2.13. The second-order valence-corrected chi connectivity index (χ2v) is 6.19. The van der Waals surface area contributed by atoms with Crippen LogP contribution in [0.25, 0.3) is 0 Å². The quantitative estimate of drug-likeness (QED) is 0.822. The largest absolute Gasteiger partial charge is 0.340 e. The minimum atomic E-state index is -0.190. The van der Waals surface area contributed by atoms with Crippen LogP contribution in [0.2, 0.25) is 0 Å². The van der Waals surface area contributed by atoms with Gasteiger partial charge in [0.05, 0.1) is 4.47 Å². The van der Waals surface area contributed by atoms with E-state index in [2.05, 4.69) is 37.2 Å². The molecule has 1 fully saturated rings. The monoisotopic (exact) mass is 391 g/mol. The van der Waals surface area contributed by atoms with Gasteiger partial charge in [-0.3, -0.25) is 9.59 Å². The highest BCUT2D eigenvalue weighted by Gasteiger charge is 2.16. The number of hydrogen-bond donors (Lipinski definition) is 1. The van der Waals surface area contributed by atoms with E-state index in [1.165, 1.54) is 4.57 Å². The van der Waals surface area contributed by atoms with Crippen molar-refractivity contribution in [3.05, 3.63) is 31.6 Å². The summed E-state index contributed by atoms with van der Waals surface area (Å²) in [7, 11) is 0. The molecule has 1 aliphatic rings. The van der Waals surface area contributed by atoms with E-state index in [0.717, 1.165) is 30.5 Å². The van der Waals surface area contributed by atoms with Gasteiger partial charge in [-0.1, -0.05) is 0 Å². The molecule has 0 radical (unpaired) electrons. The number of rotatable bonds is 2. The summed E-state index contributed by atoms with van der Waals surface area (Å²) >= 11 is 6.52. The second kappa shape index (κ2) is 6.67. The first-order valence-corrected chi connectivity index (χ1v) is 7.70. The van der Waals surface area contributed by atoms with Crippen molar-refractivity contribution in [1.82, 2.24) is 14.8 Å². The molecule has 0 atom stereocenters. The minimum absolute atomic E-state index is 0.0178. The van der Waals surface area contributed by atoms with Gasteiger partial charge in [0.1, 0.15) is 6.54 Å². The third-order valence-corrected chi connectivity index (χ3v) is 4.01. The van der Waals surface area contributed by atoms with E-state index in [1.807, 2.05) is 0 Å². The van der Waals surface area contributed by atoms with E-state index >= 15 is 0 Å². The summed E-state index contributed by atoms with van der Waals surface area (Å²) in [5.74, 6) is -0.0178. The molecule has 5 nitrogen and oxygen atoms in total. The number of carbonyl (C=O) groups excluding carboxylic acids is 1. The Balaban J connectivity index is 2.12. The zero-order valence-electron chi connectivity index (χ0n) is 10.4. The van der Waals surface area contributed by atoms with Crippen LogP contribution < -0.4 is 10.9 Å². The number of aromatic nitrogens is 1. The number of nitrogens with zero attached hydrogens (tertiary/aromatic N) is 2. The fraction of sp³-hybridized carbons (Fsp3) is 0.500. The molecule has 104 valence electrons. The number of halogens is 2. The molecule has 0 unspecified atom stereocenters. The summed E-state index contributed by atoms with van der Waals surface area (Å²) in [5, 5.41) is 3.25. The lowest BCUT2D eigenvalue weighted by Crippen LogP contribution is -2.38. The van der Waals surface area contributed by atoms with Gasteiger partial charge >= 0.3 is 0 Å². The first-order chi connectivity index (χ1) is 9.08. The van der Waals surface area contributed by atoms with Crippen LogP contribution in [0.15, 0.2) is 26.0 Å². The van der Waals surface area contributed by atoms with Crippen LogP contribution >= 0.6 is 31.9 Å². The Morgan fingerprint density at radius 2 is 2.11 bits per heavy atom. The maximum atomic E-state index is 12.2. The smallest absolute Gasteiger partial charge is 0.265 e. The van der Waals surface area contributed by atoms with E-state index in [0.29, 0.717) is 11.0 Å². The molecule has 0 saturated carbocycles. The number of nitrogens with one attached hydrogen (secondary N) is 1. The SMILES string of the molecule is O=C(Cn1cc(Br)cc(Br)c1=O)N1CCCNCC1. The van der Waals surface area contributed by atoms with Crippen molar-refractivity contribution in [2.75, 3.05) is 26.2 Å². The van der Waals surface area contributed by atoms with Crippen molar-refractivity contribution in [2.24, 2.45) is 0 Å². The molecule has 1 aliphatic heterocycles. The van der Waals surface area contributed by atoms with E-state index in [1.54, 1.807) is 17.2 Å². The molecule has 0 spiro atoms. The minimum Gasteiger partial charge on any atom is -0.340 e. The Morgan fingerprint density at radius 3 is 2.89 bits per heavy atom.